The average Bonchev–Trinajstić information content (AvgIpc) is 2.64. The monoisotopic (exact) mass is 411 g/mol. The fraction of sp³-hybridized carbons (Fsp3) is 0.250. The normalized spacial score (nSPS) is 8.33. The van der Waals surface area contributed by atoms with E-state index in [-0.39, 0.29) is 35.8 Å². The van der Waals surface area contributed by atoms with Gasteiger partial charge in [-0.15, -0.1) is 0 Å². The number of ether oxygens (including phenoxy) is 3. The van der Waals surface area contributed by atoms with E-state index in [4.69, 9.17) is 9.47 Å². The molecule has 2 aromatic rings. The number of hydrogen-bond donors (Lipinski definition) is 0. The molecule has 145 valence electrons. The van der Waals surface area contributed by atoms with E-state index in [0.717, 1.165) is 0 Å². The van der Waals surface area contributed by atoms with Crippen molar-refractivity contribution >= 4 is 17.9 Å². The number of Topliss-reactive ketones (excluding diaryl/α,β-unsaturated/α-hetero) is 1. The van der Waals surface area contributed by atoms with E-state index in [1.807, 2.05) is 19.9 Å². The molecule has 27 heavy (non-hydrogen) atoms. The Morgan fingerprint density at radius 2 is 1.26 bits per heavy atom. The number of rotatable bonds is 3. The summed E-state index contributed by atoms with van der Waals surface area (Å²) >= 11 is 0. The van der Waals surface area contributed by atoms with Gasteiger partial charge in [-0.2, -0.15) is 0 Å². The molecular formula is C20H24O6V. The van der Waals surface area contributed by atoms with Gasteiger partial charge >= 0.3 is 12.1 Å². The van der Waals surface area contributed by atoms with Gasteiger partial charge in [-0.3, -0.25) is 0 Å². The van der Waals surface area contributed by atoms with Crippen molar-refractivity contribution in [2.24, 2.45) is 0 Å². The summed E-state index contributed by atoms with van der Waals surface area (Å²) in [5.41, 5.74) is 0.437. The van der Waals surface area contributed by atoms with E-state index in [0.29, 0.717) is 5.56 Å². The number of esters is 1. The molecule has 1 radical (unpaired) electrons. The molecule has 0 aliphatic rings. The van der Waals surface area contributed by atoms with Gasteiger partial charge in [0.1, 0.15) is 17.3 Å². The maximum Gasteiger partial charge on any atom is 0.513 e. The topological polar surface area (TPSA) is 78.9 Å². The summed E-state index contributed by atoms with van der Waals surface area (Å²) in [4.78, 5) is 32.3. The fourth-order valence-electron chi connectivity index (χ4n) is 1.48. The second-order valence-electron chi connectivity index (χ2n) is 4.69. The first-order chi connectivity index (χ1) is 12.4. The van der Waals surface area contributed by atoms with Crippen molar-refractivity contribution in [3.8, 4) is 11.5 Å². The summed E-state index contributed by atoms with van der Waals surface area (Å²) in [6.07, 6.45) is -0.837. The van der Waals surface area contributed by atoms with Crippen LogP contribution in [0.4, 0.5) is 4.79 Å². The molecule has 0 atom stereocenters. The van der Waals surface area contributed by atoms with Crippen molar-refractivity contribution in [1.29, 1.82) is 0 Å². The molecule has 0 amide bonds. The Labute approximate surface area is 171 Å². The van der Waals surface area contributed by atoms with Crippen LogP contribution in [0.2, 0.25) is 0 Å². The Morgan fingerprint density at radius 3 is 1.74 bits per heavy atom. The maximum atomic E-state index is 11.8. The van der Waals surface area contributed by atoms with Crippen molar-refractivity contribution in [2.45, 2.75) is 27.7 Å². The summed E-state index contributed by atoms with van der Waals surface area (Å²) in [6.45, 7) is 7.06. The molecule has 0 unspecified atom stereocenters. The zero-order chi connectivity index (χ0) is 19.9. The summed E-state index contributed by atoms with van der Waals surface area (Å²) in [5.74, 6) is 0.191. The summed E-state index contributed by atoms with van der Waals surface area (Å²) in [7, 11) is 1.21. The molecule has 7 heteroatoms. The molecule has 0 aliphatic carbocycles. The molecule has 0 heterocycles. The molecule has 2 rings (SSSR count). The molecule has 0 N–H and O–H groups in total. The summed E-state index contributed by atoms with van der Waals surface area (Å²) in [5, 5.41) is 0. The van der Waals surface area contributed by atoms with Crippen molar-refractivity contribution in [3.05, 3.63) is 60.2 Å². The molecule has 2 aromatic carbocycles. The minimum Gasteiger partial charge on any atom is -0.437 e. The van der Waals surface area contributed by atoms with Gasteiger partial charge in [-0.1, -0.05) is 38.1 Å². The fourth-order valence-corrected chi connectivity index (χ4v) is 1.48. The molecule has 0 bridgehead atoms. The Kier molecular flexibility index (Phi) is 15.5. The number of carbonyl (C=O) groups excluding carboxylic acids is 3. The SMILES string of the molecule is CC.CC(C)=O.COC(=O)Oc1cccc(OC(=O)c2ccccc2)c1.[V]. The van der Waals surface area contributed by atoms with Crippen LogP contribution in [-0.2, 0) is 28.1 Å². The first kappa shape index (κ1) is 26.7. The van der Waals surface area contributed by atoms with Gasteiger partial charge < -0.3 is 19.0 Å². The second kappa shape index (κ2) is 15.7. The van der Waals surface area contributed by atoms with Crippen LogP contribution < -0.4 is 9.47 Å². The largest absolute Gasteiger partial charge is 0.513 e. The summed E-state index contributed by atoms with van der Waals surface area (Å²) < 4.78 is 14.4. The minimum atomic E-state index is -0.837. The van der Waals surface area contributed by atoms with E-state index in [9.17, 15) is 14.4 Å². The van der Waals surface area contributed by atoms with Crippen LogP contribution in [0.1, 0.15) is 38.1 Å². The molecule has 6 nitrogen and oxygen atoms in total. The Bertz CT molecular complexity index is 697. The third kappa shape index (κ3) is 12.4. The molecule has 0 fully saturated rings. The quantitative estimate of drug-likeness (QED) is 0.415. The summed E-state index contributed by atoms with van der Waals surface area (Å²) in [6, 6.07) is 14.8. The van der Waals surface area contributed by atoms with Gasteiger partial charge in [0, 0.05) is 24.6 Å². The van der Waals surface area contributed by atoms with Crippen LogP contribution in [0.25, 0.3) is 0 Å². The van der Waals surface area contributed by atoms with Crippen molar-refractivity contribution in [1.82, 2.24) is 0 Å². The number of benzene rings is 2. The second-order valence-corrected chi connectivity index (χ2v) is 4.69. The van der Waals surface area contributed by atoms with E-state index >= 15 is 0 Å². The first-order valence-electron chi connectivity index (χ1n) is 8.02. The number of methoxy groups -OCH3 is 1. The average molecular weight is 411 g/mol. The van der Waals surface area contributed by atoms with Gasteiger partial charge in [0.2, 0.25) is 0 Å². The van der Waals surface area contributed by atoms with Crippen molar-refractivity contribution in [3.63, 3.8) is 0 Å². The molecule has 0 saturated heterocycles. The zero-order valence-corrected chi connectivity index (χ0v) is 17.5. The van der Waals surface area contributed by atoms with Crippen LogP contribution >= 0.6 is 0 Å². The van der Waals surface area contributed by atoms with E-state index < -0.39 is 12.1 Å². The Balaban J connectivity index is 0. The number of hydrogen-bond acceptors (Lipinski definition) is 6. The van der Waals surface area contributed by atoms with Gasteiger partial charge in [-0.05, 0) is 38.1 Å². The standard InChI is InChI=1S/C15H12O5.C3H6O.C2H6.V/c1-18-15(17)20-13-9-5-8-12(10-13)19-14(16)11-6-3-2-4-7-11;1-3(2)4;1-2;/h2-10H,1H3;1-2H3;1-2H3;. The maximum absolute atomic E-state index is 11.8. The van der Waals surface area contributed by atoms with Gasteiger partial charge in [0.15, 0.2) is 0 Å². The molecule has 0 spiro atoms. The van der Waals surface area contributed by atoms with Crippen LogP contribution in [0, 0.1) is 0 Å². The van der Waals surface area contributed by atoms with Crippen molar-refractivity contribution < 1.29 is 47.1 Å². The van der Waals surface area contributed by atoms with Crippen LogP contribution in [0.15, 0.2) is 54.6 Å². The van der Waals surface area contributed by atoms with E-state index in [1.165, 1.54) is 27.0 Å². The third-order valence-corrected chi connectivity index (χ3v) is 2.39. The molecule has 0 aliphatic heterocycles. The Hall–Kier alpha value is -2.57. The first-order valence-corrected chi connectivity index (χ1v) is 8.02. The zero-order valence-electron chi connectivity index (χ0n) is 16.1. The number of carbonyl (C=O) groups is 3. The predicted octanol–water partition coefficient (Wildman–Crippen LogP) is 4.67. The molecule has 0 saturated carbocycles. The predicted molar refractivity (Wildman–Crippen MR) is 98.6 cm³/mol. The van der Waals surface area contributed by atoms with Crippen LogP contribution in [0.5, 0.6) is 11.5 Å². The van der Waals surface area contributed by atoms with E-state index in [1.54, 1.807) is 42.5 Å². The Morgan fingerprint density at radius 1 is 0.778 bits per heavy atom. The van der Waals surface area contributed by atoms with Crippen LogP contribution in [-0.4, -0.2) is 25.0 Å². The smallest absolute Gasteiger partial charge is 0.437 e. The minimum absolute atomic E-state index is 0. The molecular weight excluding hydrogens is 387 g/mol. The van der Waals surface area contributed by atoms with Gasteiger partial charge in [-0.25, -0.2) is 9.59 Å². The van der Waals surface area contributed by atoms with Gasteiger partial charge in [0.05, 0.1) is 12.7 Å². The van der Waals surface area contributed by atoms with Crippen LogP contribution in [0.3, 0.4) is 0 Å². The third-order valence-electron chi connectivity index (χ3n) is 2.39. The van der Waals surface area contributed by atoms with Gasteiger partial charge in [0.25, 0.3) is 0 Å². The molecule has 0 aromatic heterocycles. The van der Waals surface area contributed by atoms with Crippen molar-refractivity contribution in [2.75, 3.05) is 7.11 Å². The van der Waals surface area contributed by atoms with E-state index in [2.05, 4.69) is 4.74 Å². The number of ketones is 1.